The molecule has 0 fully saturated rings. The first-order valence-electron chi connectivity index (χ1n) is 6.17. The number of nitrogens with two attached hydrogens (primary N) is 1. The van der Waals surface area contributed by atoms with Crippen molar-refractivity contribution in [3.8, 4) is 0 Å². The molecule has 0 bridgehead atoms. The van der Waals surface area contributed by atoms with Crippen molar-refractivity contribution in [2.24, 2.45) is 5.73 Å². The van der Waals surface area contributed by atoms with Gasteiger partial charge < -0.3 is 10.6 Å². The van der Waals surface area contributed by atoms with E-state index < -0.39 is 11.6 Å². The summed E-state index contributed by atoms with van der Waals surface area (Å²) in [6, 6.07) is 4.67. The third kappa shape index (κ3) is 2.24. The summed E-state index contributed by atoms with van der Waals surface area (Å²) in [6.07, 6.45) is 0.838. The predicted octanol–water partition coefficient (Wildman–Crippen LogP) is 3.05. The van der Waals surface area contributed by atoms with Gasteiger partial charge in [-0.3, -0.25) is 0 Å². The molecule has 0 saturated carbocycles. The summed E-state index contributed by atoms with van der Waals surface area (Å²) < 4.78 is 28.1. The molecule has 1 aromatic heterocycles. The van der Waals surface area contributed by atoms with Crippen molar-refractivity contribution in [2.75, 3.05) is 11.4 Å². The van der Waals surface area contributed by atoms with E-state index in [1.165, 1.54) is 17.0 Å². The van der Waals surface area contributed by atoms with E-state index in [-0.39, 0.29) is 12.2 Å². The van der Waals surface area contributed by atoms with Crippen molar-refractivity contribution in [1.82, 2.24) is 0 Å². The lowest BCUT2D eigenvalue weighted by molar-refractivity contribution is 0.562. The van der Waals surface area contributed by atoms with Gasteiger partial charge in [0.05, 0.1) is 0 Å². The lowest BCUT2D eigenvalue weighted by atomic mass is 10.1. The highest BCUT2D eigenvalue weighted by Crippen LogP contribution is 2.31. The van der Waals surface area contributed by atoms with Gasteiger partial charge in [-0.05, 0) is 41.1 Å². The number of hydrogen-bond donors (Lipinski definition) is 1. The maximum atomic E-state index is 14.0. The van der Waals surface area contributed by atoms with E-state index in [1.54, 1.807) is 16.2 Å². The summed E-state index contributed by atoms with van der Waals surface area (Å²) in [5, 5.41) is 2.03. The molecule has 5 heteroatoms. The van der Waals surface area contributed by atoms with Gasteiger partial charge in [-0.1, -0.05) is 0 Å². The summed E-state index contributed by atoms with van der Waals surface area (Å²) in [7, 11) is 0. The van der Waals surface area contributed by atoms with Gasteiger partial charge in [-0.15, -0.1) is 11.3 Å². The second-order valence-electron chi connectivity index (χ2n) is 4.65. The van der Waals surface area contributed by atoms with E-state index in [0.717, 1.165) is 12.0 Å². The normalized spacial score (nSPS) is 14.6. The van der Waals surface area contributed by atoms with Crippen LogP contribution in [0.25, 0.3) is 0 Å². The Balaban J connectivity index is 1.96. The van der Waals surface area contributed by atoms with Crippen LogP contribution in [-0.2, 0) is 19.5 Å². The molecule has 2 aromatic rings. The van der Waals surface area contributed by atoms with Gasteiger partial charge in [0.25, 0.3) is 0 Å². The third-order valence-electron chi connectivity index (χ3n) is 3.44. The van der Waals surface area contributed by atoms with Crippen LogP contribution in [0.4, 0.5) is 14.5 Å². The first-order valence-corrected chi connectivity index (χ1v) is 7.05. The molecule has 1 aromatic carbocycles. The van der Waals surface area contributed by atoms with Gasteiger partial charge in [0.1, 0.15) is 17.3 Å². The molecule has 0 aliphatic carbocycles. The lowest BCUT2D eigenvalue weighted by Crippen LogP contribution is -2.31. The molecule has 0 saturated heterocycles. The Morgan fingerprint density at radius 1 is 1.26 bits per heavy atom. The Morgan fingerprint density at radius 2 is 2.00 bits per heavy atom. The maximum Gasteiger partial charge on any atom is 0.149 e. The van der Waals surface area contributed by atoms with Gasteiger partial charge in [0, 0.05) is 24.5 Å². The molecule has 2 N–H and O–H groups in total. The van der Waals surface area contributed by atoms with Crippen LogP contribution in [0.2, 0.25) is 0 Å². The van der Waals surface area contributed by atoms with Crippen molar-refractivity contribution in [1.29, 1.82) is 0 Å². The van der Waals surface area contributed by atoms with Crippen molar-refractivity contribution < 1.29 is 8.78 Å². The highest BCUT2D eigenvalue weighted by Gasteiger charge is 2.23. The first-order chi connectivity index (χ1) is 9.19. The SMILES string of the molecule is NCc1cc(F)c(N2CCc3sccc3C2)c(F)c1. The van der Waals surface area contributed by atoms with Gasteiger partial charge in [0.2, 0.25) is 0 Å². The maximum absolute atomic E-state index is 14.0. The number of thiophene rings is 1. The summed E-state index contributed by atoms with van der Waals surface area (Å²) in [5.41, 5.74) is 7.13. The number of hydrogen-bond acceptors (Lipinski definition) is 3. The van der Waals surface area contributed by atoms with Gasteiger partial charge >= 0.3 is 0 Å². The molecule has 0 spiro atoms. The largest absolute Gasteiger partial charge is 0.362 e. The Labute approximate surface area is 114 Å². The highest BCUT2D eigenvalue weighted by atomic mass is 32.1. The fraction of sp³-hybridized carbons (Fsp3) is 0.286. The van der Waals surface area contributed by atoms with E-state index in [4.69, 9.17) is 5.73 Å². The molecule has 2 nitrogen and oxygen atoms in total. The quantitative estimate of drug-likeness (QED) is 0.916. The summed E-state index contributed by atoms with van der Waals surface area (Å²) in [4.78, 5) is 3.08. The smallest absolute Gasteiger partial charge is 0.149 e. The van der Waals surface area contributed by atoms with Crippen LogP contribution in [0.3, 0.4) is 0 Å². The predicted molar refractivity (Wildman–Crippen MR) is 73.3 cm³/mol. The fourth-order valence-corrected chi connectivity index (χ4v) is 3.37. The first kappa shape index (κ1) is 12.6. The zero-order valence-corrected chi connectivity index (χ0v) is 11.1. The average molecular weight is 280 g/mol. The molecule has 2 heterocycles. The van der Waals surface area contributed by atoms with Crippen molar-refractivity contribution >= 4 is 17.0 Å². The van der Waals surface area contributed by atoms with Crippen LogP contribution >= 0.6 is 11.3 Å². The van der Waals surface area contributed by atoms with E-state index in [1.807, 2.05) is 11.4 Å². The van der Waals surface area contributed by atoms with Crippen LogP contribution < -0.4 is 10.6 Å². The second-order valence-corrected chi connectivity index (χ2v) is 5.65. The fourth-order valence-electron chi connectivity index (χ4n) is 2.48. The van der Waals surface area contributed by atoms with Crippen molar-refractivity contribution in [3.63, 3.8) is 0 Å². The van der Waals surface area contributed by atoms with Crippen LogP contribution in [0.15, 0.2) is 23.6 Å². The topological polar surface area (TPSA) is 29.3 Å². The van der Waals surface area contributed by atoms with Crippen molar-refractivity contribution in [3.05, 3.63) is 51.2 Å². The standard InChI is InChI=1S/C14H14F2N2S/c15-11-5-9(7-17)6-12(16)14(11)18-3-1-13-10(8-18)2-4-19-13/h2,4-6H,1,3,7-8,17H2. The molecule has 1 aliphatic rings. The summed E-state index contributed by atoms with van der Waals surface area (Å²) in [6.45, 7) is 1.35. The molecule has 1 aliphatic heterocycles. The average Bonchev–Trinajstić information content (AvgIpc) is 2.85. The second kappa shape index (κ2) is 4.90. The van der Waals surface area contributed by atoms with Crippen LogP contribution in [-0.4, -0.2) is 6.54 Å². The summed E-state index contributed by atoms with van der Waals surface area (Å²) >= 11 is 1.71. The Morgan fingerprint density at radius 3 is 2.68 bits per heavy atom. The van der Waals surface area contributed by atoms with Gasteiger partial charge in [-0.2, -0.15) is 0 Å². The number of anilines is 1. The number of rotatable bonds is 2. The molecule has 0 atom stereocenters. The minimum atomic E-state index is -0.529. The molecular weight excluding hydrogens is 266 g/mol. The van der Waals surface area contributed by atoms with Gasteiger partial charge in [-0.25, -0.2) is 8.78 Å². The Bertz CT molecular complexity index is 586. The molecule has 0 radical (unpaired) electrons. The number of benzene rings is 1. The van der Waals surface area contributed by atoms with E-state index >= 15 is 0 Å². The zero-order valence-electron chi connectivity index (χ0n) is 10.3. The van der Waals surface area contributed by atoms with Crippen LogP contribution in [0, 0.1) is 11.6 Å². The van der Waals surface area contributed by atoms with Crippen LogP contribution in [0.1, 0.15) is 16.0 Å². The number of halogens is 2. The minimum Gasteiger partial charge on any atom is -0.362 e. The monoisotopic (exact) mass is 280 g/mol. The molecule has 0 amide bonds. The van der Waals surface area contributed by atoms with E-state index in [2.05, 4.69) is 0 Å². The number of fused-ring (bicyclic) bond motifs is 1. The Hall–Kier alpha value is -1.46. The highest BCUT2D eigenvalue weighted by molar-refractivity contribution is 7.10. The molecular formula is C14H14F2N2S. The van der Waals surface area contributed by atoms with Gasteiger partial charge in [0.15, 0.2) is 0 Å². The van der Waals surface area contributed by atoms with E-state index in [0.29, 0.717) is 18.7 Å². The minimum absolute atomic E-state index is 0.0639. The molecule has 19 heavy (non-hydrogen) atoms. The number of nitrogens with zero attached hydrogens (tertiary/aromatic N) is 1. The Kier molecular flexibility index (Phi) is 3.24. The molecule has 3 rings (SSSR count). The summed E-state index contributed by atoms with van der Waals surface area (Å²) in [5.74, 6) is -1.06. The zero-order chi connectivity index (χ0) is 13.4. The third-order valence-corrected chi connectivity index (χ3v) is 4.46. The van der Waals surface area contributed by atoms with Crippen molar-refractivity contribution in [2.45, 2.75) is 19.5 Å². The molecule has 0 unspecified atom stereocenters. The lowest BCUT2D eigenvalue weighted by Gasteiger charge is -2.29. The van der Waals surface area contributed by atoms with E-state index in [9.17, 15) is 8.78 Å². The van der Waals surface area contributed by atoms with Crippen LogP contribution in [0.5, 0.6) is 0 Å². The molecule has 100 valence electrons.